The van der Waals surface area contributed by atoms with Crippen LogP contribution in [0.15, 0.2) is 54.6 Å². The molecule has 3 rings (SSSR count). The molecule has 2 aromatic rings. The first-order chi connectivity index (χ1) is 11.1. The highest BCUT2D eigenvalue weighted by molar-refractivity contribution is 5.89. The van der Waals surface area contributed by atoms with E-state index >= 15 is 0 Å². The van der Waals surface area contributed by atoms with Gasteiger partial charge in [0.25, 0.3) is 0 Å². The zero-order valence-corrected chi connectivity index (χ0v) is 14.2. The van der Waals surface area contributed by atoms with Crippen LogP contribution in [-0.4, -0.2) is 12.5 Å². The Kier molecular flexibility index (Phi) is 5.97. The molecule has 3 nitrogen and oxygen atoms in total. The molecule has 0 radical (unpaired) electrons. The number of carbonyl (C=O) groups excluding carboxylic acids is 1. The second-order valence-corrected chi connectivity index (χ2v) is 6.17. The van der Waals surface area contributed by atoms with Gasteiger partial charge < -0.3 is 11.1 Å². The molecule has 1 atom stereocenters. The molecule has 2 aromatic carbocycles. The molecule has 1 fully saturated rings. The van der Waals surface area contributed by atoms with Crippen LogP contribution >= 0.6 is 12.4 Å². The van der Waals surface area contributed by atoms with Gasteiger partial charge in [0.05, 0.1) is 5.41 Å². The van der Waals surface area contributed by atoms with Crippen molar-refractivity contribution >= 4 is 18.3 Å². The van der Waals surface area contributed by atoms with Gasteiger partial charge >= 0.3 is 0 Å². The lowest BCUT2D eigenvalue weighted by molar-refractivity contribution is -0.130. The number of nitrogens with one attached hydrogen (secondary N) is 1. The van der Waals surface area contributed by atoms with E-state index in [0.717, 1.165) is 30.4 Å². The number of rotatable bonds is 5. The molecular weight excluding hydrogens is 327 g/mol. The number of hydrogen-bond acceptors (Lipinski definition) is 2. The molecule has 1 aliphatic rings. The first-order valence-electron chi connectivity index (χ1n) is 7.97. The Bertz CT molecular complexity index is 689. The smallest absolute Gasteiger partial charge is 0.230 e. The fourth-order valence-corrected chi connectivity index (χ4v) is 3.15. The van der Waals surface area contributed by atoms with Crippen LogP contribution in [0.4, 0.5) is 4.39 Å². The normalized spacial score (nSPS) is 16.4. The molecular formula is C19H22ClFN2O. The van der Waals surface area contributed by atoms with Crippen molar-refractivity contribution < 1.29 is 9.18 Å². The number of benzene rings is 2. The average Bonchev–Trinajstić information content (AvgIpc) is 2.52. The van der Waals surface area contributed by atoms with E-state index in [9.17, 15) is 9.18 Å². The van der Waals surface area contributed by atoms with Gasteiger partial charge in [0.1, 0.15) is 5.82 Å². The Morgan fingerprint density at radius 3 is 2.46 bits per heavy atom. The molecule has 1 saturated carbocycles. The van der Waals surface area contributed by atoms with Crippen LogP contribution in [0, 0.1) is 5.82 Å². The maximum absolute atomic E-state index is 13.5. The largest absolute Gasteiger partial charge is 0.353 e. The lowest BCUT2D eigenvalue weighted by Crippen LogP contribution is -2.50. The molecule has 0 heterocycles. The lowest BCUT2D eigenvalue weighted by atomic mass is 9.63. The minimum atomic E-state index is -0.599. The van der Waals surface area contributed by atoms with Gasteiger partial charge in [-0.1, -0.05) is 48.9 Å². The van der Waals surface area contributed by atoms with Gasteiger partial charge in [0.2, 0.25) is 5.91 Å². The van der Waals surface area contributed by atoms with Gasteiger partial charge in [-0.15, -0.1) is 12.4 Å². The van der Waals surface area contributed by atoms with E-state index in [4.69, 9.17) is 5.73 Å². The summed E-state index contributed by atoms with van der Waals surface area (Å²) in [5.41, 5.74) is 7.28. The van der Waals surface area contributed by atoms with E-state index in [1.54, 1.807) is 6.07 Å². The summed E-state index contributed by atoms with van der Waals surface area (Å²) < 4.78 is 13.5. The number of carbonyl (C=O) groups is 1. The molecule has 128 valence electrons. The predicted octanol–water partition coefficient (Wildman–Crippen LogP) is 3.49. The van der Waals surface area contributed by atoms with Gasteiger partial charge in [0.15, 0.2) is 0 Å². The molecule has 0 bridgehead atoms. The topological polar surface area (TPSA) is 55.1 Å². The van der Waals surface area contributed by atoms with Gasteiger partial charge in [-0.2, -0.15) is 0 Å². The van der Waals surface area contributed by atoms with Gasteiger partial charge in [-0.3, -0.25) is 4.79 Å². The van der Waals surface area contributed by atoms with Crippen LogP contribution in [0.5, 0.6) is 0 Å². The van der Waals surface area contributed by atoms with E-state index in [1.807, 2.05) is 36.4 Å². The SMILES string of the molecule is Cl.NC(CNC(=O)C1(c2cccc(F)c2)CCC1)c1ccccc1. The summed E-state index contributed by atoms with van der Waals surface area (Å²) in [5, 5.41) is 2.96. The highest BCUT2D eigenvalue weighted by atomic mass is 35.5. The Labute approximate surface area is 147 Å². The van der Waals surface area contributed by atoms with Crippen LogP contribution in [0.3, 0.4) is 0 Å². The summed E-state index contributed by atoms with van der Waals surface area (Å²) in [6.07, 6.45) is 2.49. The Hall–Kier alpha value is -1.91. The molecule has 5 heteroatoms. The third-order valence-electron chi connectivity index (χ3n) is 4.73. The summed E-state index contributed by atoms with van der Waals surface area (Å²) in [6, 6.07) is 15.8. The number of amides is 1. The van der Waals surface area contributed by atoms with Crippen LogP contribution in [0.1, 0.15) is 36.4 Å². The fraction of sp³-hybridized carbons (Fsp3) is 0.316. The average molecular weight is 349 g/mol. The van der Waals surface area contributed by atoms with E-state index in [-0.39, 0.29) is 30.2 Å². The zero-order chi connectivity index (χ0) is 16.3. The number of hydrogen-bond donors (Lipinski definition) is 2. The standard InChI is InChI=1S/C19H21FN2O.ClH/c20-16-9-4-8-15(12-16)19(10-5-11-19)18(23)22-13-17(21)14-6-2-1-3-7-14;/h1-4,6-9,12,17H,5,10-11,13,21H2,(H,22,23);1H. The van der Waals surface area contributed by atoms with Crippen molar-refractivity contribution in [2.24, 2.45) is 5.73 Å². The molecule has 1 unspecified atom stereocenters. The summed E-state index contributed by atoms with van der Waals surface area (Å²) in [4.78, 5) is 12.7. The Balaban J connectivity index is 0.00000208. The predicted molar refractivity (Wildman–Crippen MR) is 95.6 cm³/mol. The van der Waals surface area contributed by atoms with E-state index in [2.05, 4.69) is 5.32 Å². The Morgan fingerprint density at radius 1 is 1.17 bits per heavy atom. The number of nitrogens with two attached hydrogens (primary N) is 1. The van der Waals surface area contributed by atoms with Gasteiger partial charge in [0, 0.05) is 12.6 Å². The monoisotopic (exact) mass is 348 g/mol. The number of halogens is 2. The van der Waals surface area contributed by atoms with E-state index in [1.165, 1.54) is 12.1 Å². The third kappa shape index (κ3) is 3.60. The molecule has 1 amide bonds. The molecule has 24 heavy (non-hydrogen) atoms. The molecule has 0 saturated heterocycles. The zero-order valence-electron chi connectivity index (χ0n) is 13.4. The van der Waals surface area contributed by atoms with Crippen molar-refractivity contribution in [2.75, 3.05) is 6.54 Å². The fourth-order valence-electron chi connectivity index (χ4n) is 3.15. The van der Waals surface area contributed by atoms with Crippen molar-refractivity contribution in [1.82, 2.24) is 5.32 Å². The van der Waals surface area contributed by atoms with E-state index < -0.39 is 5.41 Å². The third-order valence-corrected chi connectivity index (χ3v) is 4.73. The maximum atomic E-state index is 13.5. The molecule has 1 aliphatic carbocycles. The highest BCUT2D eigenvalue weighted by Crippen LogP contribution is 2.44. The van der Waals surface area contributed by atoms with Crippen molar-refractivity contribution in [1.29, 1.82) is 0 Å². The maximum Gasteiger partial charge on any atom is 0.230 e. The molecule has 0 aliphatic heterocycles. The van der Waals surface area contributed by atoms with Crippen LogP contribution < -0.4 is 11.1 Å². The summed E-state index contributed by atoms with van der Waals surface area (Å²) in [5.74, 6) is -0.358. The lowest BCUT2D eigenvalue weighted by Gasteiger charge is -2.41. The van der Waals surface area contributed by atoms with E-state index in [0.29, 0.717) is 6.54 Å². The second kappa shape index (κ2) is 7.77. The van der Waals surface area contributed by atoms with Crippen LogP contribution in [0.2, 0.25) is 0 Å². The van der Waals surface area contributed by atoms with Crippen molar-refractivity contribution in [3.05, 3.63) is 71.5 Å². The quantitative estimate of drug-likeness (QED) is 0.869. The first-order valence-corrected chi connectivity index (χ1v) is 7.97. The van der Waals surface area contributed by atoms with Crippen molar-refractivity contribution in [2.45, 2.75) is 30.7 Å². The molecule has 0 spiro atoms. The molecule has 0 aromatic heterocycles. The summed E-state index contributed by atoms with van der Waals surface area (Å²) in [6.45, 7) is 0.375. The van der Waals surface area contributed by atoms with Gasteiger partial charge in [-0.25, -0.2) is 4.39 Å². The minimum absolute atomic E-state index is 0. The first kappa shape index (κ1) is 18.4. The summed E-state index contributed by atoms with van der Waals surface area (Å²) in [7, 11) is 0. The van der Waals surface area contributed by atoms with Gasteiger partial charge in [-0.05, 0) is 36.1 Å². The highest BCUT2D eigenvalue weighted by Gasteiger charge is 2.45. The van der Waals surface area contributed by atoms with Crippen molar-refractivity contribution in [3.8, 4) is 0 Å². The van der Waals surface area contributed by atoms with Crippen molar-refractivity contribution in [3.63, 3.8) is 0 Å². The molecule has 3 N–H and O–H groups in total. The minimum Gasteiger partial charge on any atom is -0.353 e. The Morgan fingerprint density at radius 2 is 1.88 bits per heavy atom. The van der Waals surface area contributed by atoms with Crippen LogP contribution in [-0.2, 0) is 10.2 Å². The second-order valence-electron chi connectivity index (χ2n) is 6.17. The summed E-state index contributed by atoms with van der Waals surface area (Å²) >= 11 is 0. The van der Waals surface area contributed by atoms with Crippen LogP contribution in [0.25, 0.3) is 0 Å².